The first kappa shape index (κ1) is 13.6. The molecule has 2 heterocycles. The lowest BCUT2D eigenvalue weighted by atomic mass is 10.3. The molecule has 6 nitrogen and oxygen atoms in total. The van der Waals surface area contributed by atoms with Crippen LogP contribution in [0.3, 0.4) is 0 Å². The summed E-state index contributed by atoms with van der Waals surface area (Å²) >= 11 is 0. The maximum atomic E-state index is 5.87. The molecule has 2 fully saturated rings. The highest BCUT2D eigenvalue weighted by molar-refractivity contribution is 5.48. The molecule has 0 bridgehead atoms. The molecule has 0 amide bonds. The first-order valence-electron chi connectivity index (χ1n) is 7.48. The predicted molar refractivity (Wildman–Crippen MR) is 77.7 cm³/mol. The van der Waals surface area contributed by atoms with Crippen LogP contribution in [0.4, 0.5) is 5.82 Å². The largest absolute Gasteiger partial charge is 0.476 e. The van der Waals surface area contributed by atoms with E-state index in [1.807, 2.05) is 6.92 Å². The van der Waals surface area contributed by atoms with Gasteiger partial charge >= 0.3 is 0 Å². The molecular weight excluding hydrogens is 254 g/mol. The number of rotatable bonds is 6. The van der Waals surface area contributed by atoms with Gasteiger partial charge in [0, 0.05) is 12.5 Å². The third kappa shape index (κ3) is 3.02. The molecule has 0 aromatic carbocycles. The Morgan fingerprint density at radius 2 is 2.05 bits per heavy atom. The van der Waals surface area contributed by atoms with Crippen LogP contribution in [0.25, 0.3) is 0 Å². The van der Waals surface area contributed by atoms with Gasteiger partial charge in [-0.15, -0.1) is 0 Å². The monoisotopic (exact) mass is 277 g/mol. The summed E-state index contributed by atoms with van der Waals surface area (Å²) in [6.45, 7) is 5.96. The molecule has 20 heavy (non-hydrogen) atoms. The van der Waals surface area contributed by atoms with Gasteiger partial charge in [-0.25, -0.2) is 10.8 Å². The highest BCUT2D eigenvalue weighted by atomic mass is 16.5. The van der Waals surface area contributed by atoms with Crippen molar-refractivity contribution in [1.29, 1.82) is 0 Å². The van der Waals surface area contributed by atoms with E-state index < -0.39 is 0 Å². The maximum absolute atomic E-state index is 5.87. The Labute approximate surface area is 119 Å². The van der Waals surface area contributed by atoms with Gasteiger partial charge in [0.2, 0.25) is 5.88 Å². The molecule has 3 rings (SSSR count). The molecule has 0 unspecified atom stereocenters. The molecule has 1 aromatic heterocycles. The Bertz CT molecular complexity index is 469. The van der Waals surface area contributed by atoms with Gasteiger partial charge < -0.3 is 10.2 Å². The van der Waals surface area contributed by atoms with E-state index in [-0.39, 0.29) is 0 Å². The quantitative estimate of drug-likeness (QED) is 0.605. The second-order valence-corrected chi connectivity index (χ2v) is 5.68. The van der Waals surface area contributed by atoms with Crippen molar-refractivity contribution in [2.24, 2.45) is 5.84 Å². The van der Waals surface area contributed by atoms with Crippen molar-refractivity contribution in [2.75, 3.05) is 31.7 Å². The van der Waals surface area contributed by atoms with Gasteiger partial charge in [0.05, 0.1) is 5.56 Å². The molecule has 1 aromatic rings. The van der Waals surface area contributed by atoms with E-state index in [2.05, 4.69) is 20.3 Å². The van der Waals surface area contributed by atoms with Gasteiger partial charge in [-0.05, 0) is 45.7 Å². The van der Waals surface area contributed by atoms with Gasteiger partial charge in [0.15, 0.2) is 0 Å². The second kappa shape index (κ2) is 5.93. The summed E-state index contributed by atoms with van der Waals surface area (Å²) in [5.74, 6) is 8.24. The van der Waals surface area contributed by atoms with Crippen molar-refractivity contribution in [3.63, 3.8) is 0 Å². The summed E-state index contributed by atoms with van der Waals surface area (Å²) in [7, 11) is 0. The number of nitrogens with one attached hydrogen (secondary N) is 1. The van der Waals surface area contributed by atoms with Crippen molar-refractivity contribution in [1.82, 2.24) is 14.9 Å². The van der Waals surface area contributed by atoms with Gasteiger partial charge in [0.1, 0.15) is 18.2 Å². The molecule has 1 aliphatic carbocycles. The Kier molecular flexibility index (Phi) is 4.03. The number of nitrogen functional groups attached to an aromatic ring is 1. The van der Waals surface area contributed by atoms with Crippen LogP contribution in [0.5, 0.6) is 5.88 Å². The number of hydrazine groups is 1. The van der Waals surface area contributed by atoms with Crippen molar-refractivity contribution in [2.45, 2.75) is 38.5 Å². The van der Waals surface area contributed by atoms with E-state index in [9.17, 15) is 0 Å². The van der Waals surface area contributed by atoms with E-state index in [0.717, 1.165) is 17.9 Å². The first-order valence-corrected chi connectivity index (χ1v) is 7.48. The van der Waals surface area contributed by atoms with Crippen LogP contribution in [-0.4, -0.2) is 41.1 Å². The summed E-state index contributed by atoms with van der Waals surface area (Å²) in [5.41, 5.74) is 3.54. The normalized spacial score (nSPS) is 19.3. The minimum Gasteiger partial charge on any atom is -0.476 e. The highest BCUT2D eigenvalue weighted by Crippen LogP contribution is 2.39. The van der Waals surface area contributed by atoms with Crippen molar-refractivity contribution < 1.29 is 4.74 Å². The lowest BCUT2D eigenvalue weighted by Gasteiger charge is -2.16. The summed E-state index contributed by atoms with van der Waals surface area (Å²) in [5, 5.41) is 0. The average molecular weight is 277 g/mol. The zero-order valence-corrected chi connectivity index (χ0v) is 12.1. The molecule has 0 radical (unpaired) electrons. The second-order valence-electron chi connectivity index (χ2n) is 5.68. The van der Waals surface area contributed by atoms with Crippen LogP contribution in [0.15, 0.2) is 0 Å². The molecule has 6 heteroatoms. The number of hydrogen-bond acceptors (Lipinski definition) is 6. The number of ether oxygens (including phenoxy) is 1. The highest BCUT2D eigenvalue weighted by Gasteiger charge is 2.28. The third-order valence-electron chi connectivity index (χ3n) is 4.04. The summed E-state index contributed by atoms with van der Waals surface area (Å²) in [6, 6.07) is 0. The number of aromatic nitrogens is 2. The van der Waals surface area contributed by atoms with E-state index in [1.54, 1.807) is 0 Å². The zero-order valence-electron chi connectivity index (χ0n) is 12.1. The maximum Gasteiger partial charge on any atom is 0.221 e. The van der Waals surface area contributed by atoms with Crippen LogP contribution >= 0.6 is 0 Å². The van der Waals surface area contributed by atoms with E-state index >= 15 is 0 Å². The standard InChI is InChI=1S/C14H23N5O/c1-10-12(18-15)16-13(11-4-5-11)17-14(10)20-9-8-19-6-2-3-7-19/h11H,2-9,15H2,1H3,(H,16,17,18). The van der Waals surface area contributed by atoms with Crippen LogP contribution in [0, 0.1) is 6.92 Å². The van der Waals surface area contributed by atoms with Crippen molar-refractivity contribution in [3.05, 3.63) is 11.4 Å². The van der Waals surface area contributed by atoms with Crippen molar-refractivity contribution in [3.8, 4) is 5.88 Å². The van der Waals surface area contributed by atoms with Crippen LogP contribution < -0.4 is 16.0 Å². The van der Waals surface area contributed by atoms with Crippen LogP contribution in [0.2, 0.25) is 0 Å². The predicted octanol–water partition coefficient (Wildman–Crippen LogP) is 1.42. The fourth-order valence-corrected chi connectivity index (χ4v) is 2.60. The summed E-state index contributed by atoms with van der Waals surface area (Å²) in [4.78, 5) is 11.5. The topological polar surface area (TPSA) is 76.3 Å². The minimum atomic E-state index is 0.489. The lowest BCUT2D eigenvalue weighted by Crippen LogP contribution is -2.25. The molecule has 0 spiro atoms. The van der Waals surface area contributed by atoms with Crippen LogP contribution in [0.1, 0.15) is 43.0 Å². The number of likely N-dealkylation sites (tertiary alicyclic amines) is 1. The minimum absolute atomic E-state index is 0.489. The summed E-state index contributed by atoms with van der Waals surface area (Å²) in [6.07, 6.45) is 4.94. The summed E-state index contributed by atoms with van der Waals surface area (Å²) < 4.78 is 5.87. The number of nitrogens with two attached hydrogens (primary N) is 1. The molecule has 1 saturated carbocycles. The molecule has 0 atom stereocenters. The zero-order chi connectivity index (χ0) is 13.9. The number of hydrogen-bond donors (Lipinski definition) is 2. The van der Waals surface area contributed by atoms with Crippen LogP contribution in [-0.2, 0) is 0 Å². The Morgan fingerprint density at radius 1 is 1.30 bits per heavy atom. The Morgan fingerprint density at radius 3 is 2.70 bits per heavy atom. The van der Waals surface area contributed by atoms with E-state index in [1.165, 1.54) is 38.8 Å². The molecular formula is C14H23N5O. The fraction of sp³-hybridized carbons (Fsp3) is 0.714. The first-order chi connectivity index (χ1) is 9.78. The fourth-order valence-electron chi connectivity index (χ4n) is 2.60. The Hall–Kier alpha value is -1.40. The number of anilines is 1. The molecule has 3 N–H and O–H groups in total. The van der Waals surface area contributed by atoms with Gasteiger partial charge in [0.25, 0.3) is 0 Å². The molecule has 2 aliphatic rings. The van der Waals surface area contributed by atoms with Gasteiger partial charge in [-0.3, -0.25) is 4.90 Å². The number of nitrogens with zero attached hydrogens (tertiary/aromatic N) is 3. The lowest BCUT2D eigenvalue weighted by molar-refractivity contribution is 0.230. The molecule has 1 aliphatic heterocycles. The third-order valence-corrected chi connectivity index (χ3v) is 4.04. The van der Waals surface area contributed by atoms with Crippen molar-refractivity contribution >= 4 is 5.82 Å². The molecule has 110 valence electrons. The smallest absolute Gasteiger partial charge is 0.221 e. The van der Waals surface area contributed by atoms with E-state index in [0.29, 0.717) is 24.2 Å². The SMILES string of the molecule is Cc1c(NN)nc(C2CC2)nc1OCCN1CCCC1. The molecule has 1 saturated heterocycles. The van der Waals surface area contributed by atoms with E-state index in [4.69, 9.17) is 10.6 Å². The Balaban J connectivity index is 1.65. The average Bonchev–Trinajstić information content (AvgIpc) is 3.18. The van der Waals surface area contributed by atoms with Gasteiger partial charge in [-0.1, -0.05) is 0 Å². The van der Waals surface area contributed by atoms with Gasteiger partial charge in [-0.2, -0.15) is 4.98 Å².